The van der Waals surface area contributed by atoms with Gasteiger partial charge in [-0.25, -0.2) is 4.79 Å². The van der Waals surface area contributed by atoms with Gasteiger partial charge in [-0.3, -0.25) is 4.79 Å². The molecule has 0 saturated heterocycles. The molecule has 0 fully saturated rings. The molecule has 0 aliphatic rings. The van der Waals surface area contributed by atoms with Crippen molar-refractivity contribution in [2.45, 2.75) is 13.5 Å². The van der Waals surface area contributed by atoms with E-state index in [2.05, 4.69) is 5.32 Å². The van der Waals surface area contributed by atoms with Crippen LogP contribution in [0.15, 0.2) is 66.2 Å². The number of benzene rings is 3. The van der Waals surface area contributed by atoms with E-state index in [0.717, 1.165) is 11.1 Å². The molecule has 0 bridgehead atoms. The van der Waals surface area contributed by atoms with Crippen LogP contribution in [-0.2, 0) is 11.4 Å². The van der Waals surface area contributed by atoms with E-state index in [0.29, 0.717) is 17.1 Å². The summed E-state index contributed by atoms with van der Waals surface area (Å²) in [7, 11) is 1.46. The third-order valence-corrected chi connectivity index (χ3v) is 5.04. The minimum Gasteiger partial charge on any atom is -0.493 e. The zero-order valence-electron chi connectivity index (χ0n) is 18.5. The Morgan fingerprint density at radius 2 is 1.91 bits per heavy atom. The van der Waals surface area contributed by atoms with Crippen molar-refractivity contribution in [3.05, 3.63) is 93.5 Å². The van der Waals surface area contributed by atoms with E-state index in [1.54, 1.807) is 12.1 Å². The van der Waals surface area contributed by atoms with Gasteiger partial charge in [0.05, 0.1) is 17.7 Å². The van der Waals surface area contributed by atoms with Crippen molar-refractivity contribution in [3.8, 4) is 17.6 Å². The number of amides is 1. The summed E-state index contributed by atoms with van der Waals surface area (Å²) in [6.07, 6.45) is 1.36. The molecule has 0 saturated carbocycles. The first-order valence-electron chi connectivity index (χ1n) is 10.1. The molecule has 2 N–H and O–H groups in total. The minimum atomic E-state index is -1.13. The Morgan fingerprint density at radius 1 is 1.15 bits per heavy atom. The number of aromatic carboxylic acids is 1. The van der Waals surface area contributed by atoms with E-state index >= 15 is 0 Å². The standard InChI is InChI=1S/C26H21ClN2O5/c1-16-5-3-6-17(9-16)15-34-24-22(27)11-18(12-23(24)33-2)10-20(14-28)25(30)29-21-8-4-7-19(13-21)26(31)32/h3-13H,15H2,1-2H3,(H,29,30)(H,31,32)/b20-10-. The number of carbonyl (C=O) groups excluding carboxylic acids is 1. The van der Waals surface area contributed by atoms with E-state index < -0.39 is 11.9 Å². The van der Waals surface area contributed by atoms with Gasteiger partial charge in [-0.15, -0.1) is 0 Å². The molecule has 34 heavy (non-hydrogen) atoms. The summed E-state index contributed by atoms with van der Waals surface area (Å²) in [5.74, 6) is -1.13. The molecule has 0 spiro atoms. The number of rotatable bonds is 8. The van der Waals surface area contributed by atoms with Crippen LogP contribution in [0.1, 0.15) is 27.0 Å². The van der Waals surface area contributed by atoms with Crippen LogP contribution < -0.4 is 14.8 Å². The summed E-state index contributed by atoms with van der Waals surface area (Å²) in [5, 5.41) is 21.4. The number of anilines is 1. The van der Waals surface area contributed by atoms with Crippen molar-refractivity contribution in [1.29, 1.82) is 5.26 Å². The Balaban J connectivity index is 1.82. The number of aryl methyl sites for hydroxylation is 1. The van der Waals surface area contributed by atoms with Crippen LogP contribution in [-0.4, -0.2) is 24.1 Å². The molecule has 0 aliphatic carbocycles. The Kier molecular flexibility index (Phi) is 7.91. The average Bonchev–Trinajstić information content (AvgIpc) is 2.81. The monoisotopic (exact) mass is 476 g/mol. The highest BCUT2D eigenvalue weighted by Gasteiger charge is 2.15. The predicted molar refractivity (Wildman–Crippen MR) is 129 cm³/mol. The number of hydrogen-bond donors (Lipinski definition) is 2. The van der Waals surface area contributed by atoms with E-state index in [4.69, 9.17) is 26.2 Å². The number of nitriles is 1. The number of halogens is 1. The molecule has 1 amide bonds. The highest BCUT2D eigenvalue weighted by molar-refractivity contribution is 6.32. The van der Waals surface area contributed by atoms with Crippen molar-refractivity contribution >= 4 is 35.2 Å². The summed E-state index contributed by atoms with van der Waals surface area (Å²) in [4.78, 5) is 23.7. The van der Waals surface area contributed by atoms with Gasteiger partial charge in [-0.1, -0.05) is 47.5 Å². The van der Waals surface area contributed by atoms with Gasteiger partial charge in [0.15, 0.2) is 11.5 Å². The van der Waals surface area contributed by atoms with E-state index in [-0.39, 0.29) is 28.5 Å². The molecule has 0 heterocycles. The minimum absolute atomic E-state index is 0.0121. The summed E-state index contributed by atoms with van der Waals surface area (Å²) in [5.41, 5.74) is 2.59. The van der Waals surface area contributed by atoms with Gasteiger partial charge in [-0.05, 0) is 54.5 Å². The van der Waals surface area contributed by atoms with Crippen LogP contribution in [0.3, 0.4) is 0 Å². The Hall–Kier alpha value is -4.28. The molecule has 0 radical (unpaired) electrons. The van der Waals surface area contributed by atoms with Crippen molar-refractivity contribution in [2.24, 2.45) is 0 Å². The molecule has 8 heteroatoms. The number of nitrogens with zero attached hydrogens (tertiary/aromatic N) is 1. The maximum atomic E-state index is 12.6. The molecule has 172 valence electrons. The molecule has 3 aromatic rings. The molecule has 0 aliphatic heterocycles. The predicted octanol–water partition coefficient (Wildman–Crippen LogP) is 5.48. The van der Waals surface area contributed by atoms with Gasteiger partial charge < -0.3 is 19.9 Å². The van der Waals surface area contributed by atoms with E-state index in [1.807, 2.05) is 37.3 Å². The van der Waals surface area contributed by atoms with Crippen LogP contribution in [0, 0.1) is 18.3 Å². The lowest BCUT2D eigenvalue weighted by molar-refractivity contribution is -0.112. The summed E-state index contributed by atoms with van der Waals surface area (Å²) in [6, 6.07) is 18.6. The number of nitrogens with one attached hydrogen (secondary N) is 1. The second-order valence-electron chi connectivity index (χ2n) is 7.32. The van der Waals surface area contributed by atoms with Gasteiger partial charge in [0.2, 0.25) is 0 Å². The molecule has 7 nitrogen and oxygen atoms in total. The highest BCUT2D eigenvalue weighted by atomic mass is 35.5. The lowest BCUT2D eigenvalue weighted by Gasteiger charge is -2.14. The van der Waals surface area contributed by atoms with E-state index in [9.17, 15) is 14.9 Å². The second kappa shape index (κ2) is 11.0. The number of hydrogen-bond acceptors (Lipinski definition) is 5. The number of carboxylic acid groups (broad SMARTS) is 1. The van der Waals surface area contributed by atoms with Crippen molar-refractivity contribution in [1.82, 2.24) is 0 Å². The first kappa shape index (κ1) is 24.4. The smallest absolute Gasteiger partial charge is 0.335 e. The first-order valence-corrected chi connectivity index (χ1v) is 10.5. The number of carbonyl (C=O) groups is 2. The molecule has 0 unspecified atom stereocenters. The van der Waals surface area contributed by atoms with Crippen LogP contribution >= 0.6 is 11.6 Å². The van der Waals surface area contributed by atoms with Crippen LogP contribution in [0.4, 0.5) is 5.69 Å². The van der Waals surface area contributed by atoms with E-state index in [1.165, 1.54) is 37.5 Å². The SMILES string of the molecule is COc1cc(/C=C(/C#N)C(=O)Nc2cccc(C(=O)O)c2)cc(Cl)c1OCc1cccc(C)c1. The van der Waals surface area contributed by atoms with Crippen LogP contribution in [0.25, 0.3) is 6.08 Å². The molecule has 3 aromatic carbocycles. The normalized spacial score (nSPS) is 10.8. The van der Waals surface area contributed by atoms with Crippen LogP contribution in [0.2, 0.25) is 5.02 Å². The molecule has 3 rings (SSSR count). The molecule has 0 aromatic heterocycles. The average molecular weight is 477 g/mol. The largest absolute Gasteiger partial charge is 0.493 e. The lowest BCUT2D eigenvalue weighted by atomic mass is 10.1. The number of methoxy groups -OCH3 is 1. The topological polar surface area (TPSA) is 109 Å². The zero-order valence-corrected chi connectivity index (χ0v) is 19.2. The maximum absolute atomic E-state index is 12.6. The Labute approximate surface area is 201 Å². The zero-order chi connectivity index (χ0) is 24.7. The van der Waals surface area contributed by atoms with Gasteiger partial charge in [-0.2, -0.15) is 5.26 Å². The maximum Gasteiger partial charge on any atom is 0.335 e. The second-order valence-corrected chi connectivity index (χ2v) is 7.73. The van der Waals surface area contributed by atoms with Gasteiger partial charge in [0.25, 0.3) is 5.91 Å². The third kappa shape index (κ3) is 6.15. The van der Waals surface area contributed by atoms with Crippen molar-refractivity contribution in [2.75, 3.05) is 12.4 Å². The fraction of sp³-hybridized carbons (Fsp3) is 0.115. The molecule has 0 atom stereocenters. The fourth-order valence-corrected chi connectivity index (χ4v) is 3.44. The fourth-order valence-electron chi connectivity index (χ4n) is 3.16. The highest BCUT2D eigenvalue weighted by Crippen LogP contribution is 2.37. The van der Waals surface area contributed by atoms with Crippen molar-refractivity contribution in [3.63, 3.8) is 0 Å². The lowest BCUT2D eigenvalue weighted by Crippen LogP contribution is -2.14. The molecular weight excluding hydrogens is 456 g/mol. The van der Waals surface area contributed by atoms with Gasteiger partial charge in [0, 0.05) is 5.69 Å². The summed E-state index contributed by atoms with van der Waals surface area (Å²) in [6.45, 7) is 2.28. The summed E-state index contributed by atoms with van der Waals surface area (Å²) < 4.78 is 11.3. The van der Waals surface area contributed by atoms with Crippen LogP contribution in [0.5, 0.6) is 11.5 Å². The Bertz CT molecular complexity index is 1310. The first-order chi connectivity index (χ1) is 16.3. The number of carboxylic acids is 1. The number of ether oxygens (including phenoxy) is 2. The van der Waals surface area contributed by atoms with Crippen molar-refractivity contribution < 1.29 is 24.2 Å². The quantitative estimate of drug-likeness (QED) is 0.329. The third-order valence-electron chi connectivity index (χ3n) is 4.76. The Morgan fingerprint density at radius 3 is 2.59 bits per heavy atom. The van der Waals surface area contributed by atoms with Gasteiger partial charge >= 0.3 is 5.97 Å². The summed E-state index contributed by atoms with van der Waals surface area (Å²) >= 11 is 6.42. The molecular formula is C26H21ClN2O5. The van der Waals surface area contributed by atoms with Gasteiger partial charge in [0.1, 0.15) is 18.2 Å².